The number of nitrogens with one attached hydrogen (secondary N) is 2. The van der Waals surface area contributed by atoms with Crippen LogP contribution in [-0.2, 0) is 0 Å². The highest BCUT2D eigenvalue weighted by atomic mass is 19.1. The van der Waals surface area contributed by atoms with Crippen LogP contribution in [-0.4, -0.2) is 15.9 Å². The van der Waals surface area contributed by atoms with Gasteiger partial charge in [-0.3, -0.25) is 4.79 Å². The lowest BCUT2D eigenvalue weighted by molar-refractivity contribution is 0.102. The van der Waals surface area contributed by atoms with Crippen molar-refractivity contribution in [3.63, 3.8) is 0 Å². The number of para-hydroxylation sites is 1. The summed E-state index contributed by atoms with van der Waals surface area (Å²) in [5, 5.41) is 6.00. The zero-order chi connectivity index (χ0) is 20.3. The Morgan fingerprint density at radius 3 is 2.43 bits per heavy atom. The van der Waals surface area contributed by atoms with Crippen LogP contribution in [0.25, 0.3) is 0 Å². The summed E-state index contributed by atoms with van der Waals surface area (Å²) in [5.41, 5.74) is 4.43. The maximum Gasteiger partial charge on any atom is 0.274 e. The van der Waals surface area contributed by atoms with Crippen molar-refractivity contribution in [1.29, 1.82) is 0 Å². The Morgan fingerprint density at radius 1 is 1.04 bits per heavy atom. The fourth-order valence-electron chi connectivity index (χ4n) is 2.92. The van der Waals surface area contributed by atoms with Crippen LogP contribution in [0.1, 0.15) is 47.1 Å². The summed E-state index contributed by atoms with van der Waals surface area (Å²) in [6.07, 6.45) is 0. The van der Waals surface area contributed by atoms with Gasteiger partial charge in [0, 0.05) is 17.1 Å². The highest BCUT2D eigenvalue weighted by Gasteiger charge is 2.16. The Morgan fingerprint density at radius 2 is 1.75 bits per heavy atom. The number of anilines is 3. The van der Waals surface area contributed by atoms with Crippen LogP contribution in [0.3, 0.4) is 0 Å². The molecule has 2 N–H and O–H groups in total. The van der Waals surface area contributed by atoms with Gasteiger partial charge in [-0.05, 0) is 61.2 Å². The number of nitrogens with zero attached hydrogens (tertiary/aromatic N) is 2. The minimum absolute atomic E-state index is 0.259. The van der Waals surface area contributed by atoms with E-state index < -0.39 is 0 Å². The molecule has 1 heterocycles. The second kappa shape index (κ2) is 8.17. The van der Waals surface area contributed by atoms with E-state index in [2.05, 4.69) is 34.4 Å². The van der Waals surface area contributed by atoms with E-state index in [1.807, 2.05) is 25.1 Å². The van der Waals surface area contributed by atoms with Crippen molar-refractivity contribution in [2.75, 3.05) is 10.6 Å². The van der Waals surface area contributed by atoms with Crippen molar-refractivity contribution in [3.8, 4) is 0 Å². The summed E-state index contributed by atoms with van der Waals surface area (Å²) >= 11 is 0. The zero-order valence-electron chi connectivity index (χ0n) is 16.4. The van der Waals surface area contributed by atoms with Crippen molar-refractivity contribution in [2.24, 2.45) is 0 Å². The molecule has 0 aliphatic heterocycles. The van der Waals surface area contributed by atoms with Crippen molar-refractivity contribution in [1.82, 2.24) is 9.97 Å². The SMILES string of the molecule is Cc1cc(C(=O)Nc2c(C)cccc2C(C)C)nc(Nc2ccc(F)cc2)n1. The van der Waals surface area contributed by atoms with Crippen molar-refractivity contribution in [3.05, 3.63) is 76.9 Å². The Labute approximate surface area is 164 Å². The summed E-state index contributed by atoms with van der Waals surface area (Å²) < 4.78 is 13.1. The summed E-state index contributed by atoms with van der Waals surface area (Å²) in [6, 6.07) is 13.5. The molecule has 0 radical (unpaired) electrons. The van der Waals surface area contributed by atoms with Crippen LogP contribution in [0.4, 0.5) is 21.7 Å². The number of halogens is 1. The van der Waals surface area contributed by atoms with Crippen LogP contribution in [0.2, 0.25) is 0 Å². The van der Waals surface area contributed by atoms with Gasteiger partial charge >= 0.3 is 0 Å². The number of carbonyl (C=O) groups excluding carboxylic acids is 1. The largest absolute Gasteiger partial charge is 0.324 e. The number of rotatable bonds is 5. The molecule has 3 rings (SSSR count). The van der Waals surface area contributed by atoms with Gasteiger partial charge in [-0.2, -0.15) is 0 Å². The number of aromatic nitrogens is 2. The molecule has 0 aliphatic carbocycles. The topological polar surface area (TPSA) is 66.9 Å². The van der Waals surface area contributed by atoms with Crippen LogP contribution in [0.5, 0.6) is 0 Å². The van der Waals surface area contributed by atoms with E-state index in [0.29, 0.717) is 11.4 Å². The number of carbonyl (C=O) groups is 1. The first-order valence-electron chi connectivity index (χ1n) is 9.12. The van der Waals surface area contributed by atoms with E-state index in [0.717, 1.165) is 16.8 Å². The van der Waals surface area contributed by atoms with Gasteiger partial charge in [0.2, 0.25) is 5.95 Å². The molecule has 6 heteroatoms. The first-order chi connectivity index (χ1) is 13.3. The predicted octanol–water partition coefficient (Wildman–Crippen LogP) is 5.35. The minimum atomic E-state index is -0.324. The Kier molecular flexibility index (Phi) is 5.68. The van der Waals surface area contributed by atoms with Gasteiger partial charge in [-0.1, -0.05) is 32.0 Å². The summed E-state index contributed by atoms with van der Waals surface area (Å²) in [4.78, 5) is 21.5. The molecule has 144 valence electrons. The third-order valence-electron chi connectivity index (χ3n) is 4.35. The van der Waals surface area contributed by atoms with Gasteiger partial charge in [0.1, 0.15) is 11.5 Å². The van der Waals surface area contributed by atoms with Crippen molar-refractivity contribution < 1.29 is 9.18 Å². The fraction of sp³-hybridized carbons (Fsp3) is 0.227. The first-order valence-corrected chi connectivity index (χ1v) is 9.12. The molecule has 0 fully saturated rings. The predicted molar refractivity (Wildman–Crippen MR) is 110 cm³/mol. The lowest BCUT2D eigenvalue weighted by Gasteiger charge is -2.16. The Hall–Kier alpha value is -3.28. The van der Waals surface area contributed by atoms with Crippen LogP contribution in [0.15, 0.2) is 48.5 Å². The molecule has 2 aromatic carbocycles. The van der Waals surface area contributed by atoms with Gasteiger partial charge in [0.05, 0.1) is 0 Å². The molecule has 0 saturated carbocycles. The normalized spacial score (nSPS) is 10.8. The molecule has 1 aromatic heterocycles. The number of hydrogen-bond acceptors (Lipinski definition) is 4. The zero-order valence-corrected chi connectivity index (χ0v) is 16.4. The lowest BCUT2D eigenvalue weighted by Crippen LogP contribution is -2.17. The van der Waals surface area contributed by atoms with Gasteiger partial charge in [0.25, 0.3) is 5.91 Å². The molecule has 0 bridgehead atoms. The number of hydrogen-bond donors (Lipinski definition) is 2. The fourth-order valence-corrected chi connectivity index (χ4v) is 2.92. The number of benzene rings is 2. The third-order valence-corrected chi connectivity index (χ3v) is 4.35. The van der Waals surface area contributed by atoms with Crippen LogP contribution < -0.4 is 10.6 Å². The van der Waals surface area contributed by atoms with E-state index in [1.54, 1.807) is 25.1 Å². The number of aryl methyl sites for hydroxylation is 2. The molecule has 3 aromatic rings. The number of amides is 1. The monoisotopic (exact) mass is 378 g/mol. The van der Waals surface area contributed by atoms with Gasteiger partial charge in [-0.25, -0.2) is 14.4 Å². The molecule has 0 aliphatic rings. The van der Waals surface area contributed by atoms with Gasteiger partial charge < -0.3 is 10.6 Å². The Bertz CT molecular complexity index is 1000. The van der Waals surface area contributed by atoms with Crippen molar-refractivity contribution >= 4 is 23.2 Å². The molecule has 0 spiro atoms. The highest BCUT2D eigenvalue weighted by Crippen LogP contribution is 2.28. The lowest BCUT2D eigenvalue weighted by atomic mass is 9.98. The smallest absolute Gasteiger partial charge is 0.274 e. The third kappa shape index (κ3) is 4.52. The summed E-state index contributed by atoms with van der Waals surface area (Å²) in [5.74, 6) is -0.0671. The van der Waals surface area contributed by atoms with E-state index in [-0.39, 0.29) is 29.3 Å². The maximum absolute atomic E-state index is 13.1. The van der Waals surface area contributed by atoms with E-state index in [9.17, 15) is 9.18 Å². The van der Waals surface area contributed by atoms with E-state index >= 15 is 0 Å². The van der Waals surface area contributed by atoms with Crippen LogP contribution in [0, 0.1) is 19.7 Å². The maximum atomic E-state index is 13.1. The molecular weight excluding hydrogens is 355 g/mol. The van der Waals surface area contributed by atoms with Gasteiger partial charge in [0.15, 0.2) is 0 Å². The standard InChI is InChI=1S/C22H23FN4O/c1-13(2)18-7-5-6-14(3)20(18)27-21(28)19-12-15(4)24-22(26-19)25-17-10-8-16(23)9-11-17/h5-13H,1-4H3,(H,27,28)(H,24,25,26). The quantitative estimate of drug-likeness (QED) is 0.628. The molecule has 5 nitrogen and oxygen atoms in total. The van der Waals surface area contributed by atoms with Gasteiger partial charge in [-0.15, -0.1) is 0 Å². The van der Waals surface area contributed by atoms with Crippen LogP contribution >= 0.6 is 0 Å². The summed E-state index contributed by atoms with van der Waals surface area (Å²) in [7, 11) is 0. The van der Waals surface area contributed by atoms with E-state index in [4.69, 9.17) is 0 Å². The minimum Gasteiger partial charge on any atom is -0.324 e. The second-order valence-corrected chi connectivity index (χ2v) is 7.00. The average molecular weight is 378 g/mol. The molecular formula is C22H23FN4O. The highest BCUT2D eigenvalue weighted by molar-refractivity contribution is 6.04. The first kappa shape index (κ1) is 19.5. The molecule has 0 unspecified atom stereocenters. The molecule has 0 saturated heterocycles. The molecule has 1 amide bonds. The molecule has 0 atom stereocenters. The second-order valence-electron chi connectivity index (χ2n) is 7.00. The Balaban J connectivity index is 1.87. The van der Waals surface area contributed by atoms with Crippen molar-refractivity contribution in [2.45, 2.75) is 33.6 Å². The average Bonchev–Trinajstić information content (AvgIpc) is 2.64. The molecule has 28 heavy (non-hydrogen) atoms. The summed E-state index contributed by atoms with van der Waals surface area (Å²) in [6.45, 7) is 7.93. The van der Waals surface area contributed by atoms with E-state index in [1.165, 1.54) is 12.1 Å².